The van der Waals surface area contributed by atoms with Gasteiger partial charge in [-0.25, -0.2) is 9.37 Å². The van der Waals surface area contributed by atoms with Crippen molar-refractivity contribution in [2.24, 2.45) is 0 Å². The number of carboxylic acid groups (broad SMARTS) is 1. The summed E-state index contributed by atoms with van der Waals surface area (Å²) in [6, 6.07) is 7.51. The first kappa shape index (κ1) is 29.9. The van der Waals surface area contributed by atoms with Gasteiger partial charge in [-0.15, -0.1) is 0 Å². The van der Waals surface area contributed by atoms with Crippen LogP contribution in [0.4, 0.5) is 10.2 Å². The molecule has 0 amide bonds. The number of hydrogen-bond acceptors (Lipinski definition) is 6. The molecule has 8 heteroatoms. The molecule has 0 spiro atoms. The molecular formula is C33H47FN4O3. The van der Waals surface area contributed by atoms with Crippen LogP contribution in [-0.2, 0) is 28.8 Å². The van der Waals surface area contributed by atoms with E-state index in [9.17, 15) is 9.90 Å². The van der Waals surface area contributed by atoms with Crippen LogP contribution in [0, 0.1) is 5.82 Å². The standard InChI is InChI=1S/C33H47FN4O3/c1-3-28-29(20-25(21-30(28)34)23-13-18-41-19-14-23)31(33(39)40)38-17-12-27(22-38)37(2)16-6-4-5-9-26-11-10-24-8-7-15-35-32(24)36-26/h10-11,20-21,23,27,31H,3-9,12-19,22H2,1-2H3,(H,35,36)(H,39,40)/t27-,31+/m1/s1. The first-order chi connectivity index (χ1) is 19.9. The van der Waals surface area contributed by atoms with Crippen molar-refractivity contribution in [2.45, 2.75) is 89.1 Å². The highest BCUT2D eigenvalue weighted by Gasteiger charge is 2.37. The predicted molar refractivity (Wildman–Crippen MR) is 160 cm³/mol. The highest BCUT2D eigenvalue weighted by Crippen LogP contribution is 2.36. The third-order valence-electron chi connectivity index (χ3n) is 9.41. The van der Waals surface area contributed by atoms with Crippen LogP contribution in [-0.4, -0.2) is 78.3 Å². The van der Waals surface area contributed by atoms with E-state index in [1.807, 2.05) is 13.0 Å². The van der Waals surface area contributed by atoms with E-state index in [1.165, 1.54) is 17.7 Å². The van der Waals surface area contributed by atoms with Crippen LogP contribution < -0.4 is 5.32 Å². The average molecular weight is 567 g/mol. The lowest BCUT2D eigenvalue weighted by Gasteiger charge is -2.30. The topological polar surface area (TPSA) is 77.9 Å². The molecule has 1 aromatic heterocycles. The van der Waals surface area contributed by atoms with Gasteiger partial charge in [-0.1, -0.05) is 25.5 Å². The number of fused-ring (bicyclic) bond motifs is 1. The number of unbranched alkanes of at least 4 members (excludes halogenated alkanes) is 2. The van der Waals surface area contributed by atoms with Gasteiger partial charge in [-0.2, -0.15) is 0 Å². The zero-order valence-corrected chi connectivity index (χ0v) is 24.8. The van der Waals surface area contributed by atoms with Gasteiger partial charge in [0.1, 0.15) is 17.7 Å². The fourth-order valence-electron chi connectivity index (χ4n) is 6.95. The zero-order valence-electron chi connectivity index (χ0n) is 24.8. The fraction of sp³-hybridized carbons (Fsp3) is 0.636. The minimum Gasteiger partial charge on any atom is -0.480 e. The van der Waals surface area contributed by atoms with E-state index in [2.05, 4.69) is 34.3 Å². The van der Waals surface area contributed by atoms with Gasteiger partial charge in [0.15, 0.2) is 0 Å². The van der Waals surface area contributed by atoms with Crippen molar-refractivity contribution >= 4 is 11.8 Å². The molecule has 0 aliphatic carbocycles. The molecule has 2 atom stereocenters. The number of rotatable bonds is 12. The Morgan fingerprint density at radius 3 is 2.83 bits per heavy atom. The molecule has 0 saturated carbocycles. The number of aliphatic carboxylic acids is 1. The molecule has 224 valence electrons. The first-order valence-electron chi connectivity index (χ1n) is 15.7. The summed E-state index contributed by atoms with van der Waals surface area (Å²) in [6.45, 7) is 6.64. The summed E-state index contributed by atoms with van der Waals surface area (Å²) < 4.78 is 20.8. The Kier molecular flexibility index (Phi) is 10.3. The second-order valence-corrected chi connectivity index (χ2v) is 12.1. The number of benzene rings is 1. The summed E-state index contributed by atoms with van der Waals surface area (Å²) >= 11 is 0. The van der Waals surface area contributed by atoms with Gasteiger partial charge in [0.25, 0.3) is 0 Å². The van der Waals surface area contributed by atoms with Crippen molar-refractivity contribution in [3.63, 3.8) is 0 Å². The van der Waals surface area contributed by atoms with Crippen LogP contribution in [0.25, 0.3) is 0 Å². The molecule has 7 nitrogen and oxygen atoms in total. The quantitative estimate of drug-likeness (QED) is 0.325. The predicted octanol–water partition coefficient (Wildman–Crippen LogP) is 5.58. The van der Waals surface area contributed by atoms with E-state index in [4.69, 9.17) is 9.72 Å². The zero-order chi connectivity index (χ0) is 28.8. The molecule has 2 aromatic rings. The Morgan fingerprint density at radius 1 is 1.22 bits per heavy atom. The minimum absolute atomic E-state index is 0.217. The van der Waals surface area contributed by atoms with Gasteiger partial charge in [-0.05, 0) is 112 Å². The van der Waals surface area contributed by atoms with Gasteiger partial charge < -0.3 is 20.1 Å². The van der Waals surface area contributed by atoms with E-state index in [0.717, 1.165) is 75.8 Å². The molecule has 1 aromatic carbocycles. The second kappa shape index (κ2) is 14.1. The van der Waals surface area contributed by atoms with E-state index in [1.54, 1.807) is 6.07 Å². The third kappa shape index (κ3) is 7.27. The van der Waals surface area contributed by atoms with Crippen LogP contribution in [0.1, 0.15) is 91.8 Å². The van der Waals surface area contributed by atoms with Crippen molar-refractivity contribution in [3.8, 4) is 0 Å². The molecule has 0 bridgehead atoms. The van der Waals surface area contributed by atoms with Gasteiger partial charge in [0.2, 0.25) is 0 Å². The number of carbonyl (C=O) groups is 1. The molecule has 2 saturated heterocycles. The number of likely N-dealkylation sites (N-methyl/N-ethyl adjacent to an activating group) is 1. The second-order valence-electron chi connectivity index (χ2n) is 12.1. The van der Waals surface area contributed by atoms with Crippen LogP contribution in [0.5, 0.6) is 0 Å². The van der Waals surface area contributed by atoms with Crippen molar-refractivity contribution < 1.29 is 19.0 Å². The molecule has 2 fully saturated rings. The Balaban J connectivity index is 1.15. The maximum absolute atomic E-state index is 15.3. The van der Waals surface area contributed by atoms with Crippen molar-refractivity contribution in [1.82, 2.24) is 14.8 Å². The summed E-state index contributed by atoms with van der Waals surface area (Å²) in [5.41, 5.74) is 4.59. The van der Waals surface area contributed by atoms with Crippen LogP contribution in [0.3, 0.4) is 0 Å². The van der Waals surface area contributed by atoms with E-state index in [-0.39, 0.29) is 11.7 Å². The molecule has 3 aliphatic rings. The van der Waals surface area contributed by atoms with E-state index >= 15 is 4.39 Å². The Labute approximate surface area is 244 Å². The highest BCUT2D eigenvalue weighted by atomic mass is 19.1. The number of aromatic nitrogens is 1. The number of ether oxygens (including phenoxy) is 1. The number of hydrogen-bond donors (Lipinski definition) is 2. The number of nitrogens with zero attached hydrogens (tertiary/aromatic N) is 3. The SMILES string of the molecule is CCc1c(F)cc(C2CCOCC2)cc1[C@@H](C(=O)O)N1CC[C@@H](N(C)CCCCCc2ccc3c(n2)NCCC3)C1. The summed E-state index contributed by atoms with van der Waals surface area (Å²) in [5, 5.41) is 13.8. The van der Waals surface area contributed by atoms with Crippen molar-refractivity contribution in [3.05, 3.63) is 58.0 Å². The van der Waals surface area contributed by atoms with Gasteiger partial charge in [0, 0.05) is 44.6 Å². The van der Waals surface area contributed by atoms with E-state index in [0.29, 0.717) is 49.9 Å². The highest BCUT2D eigenvalue weighted by molar-refractivity contribution is 5.76. The summed E-state index contributed by atoms with van der Waals surface area (Å²) in [6.07, 6.45) is 9.76. The van der Waals surface area contributed by atoms with Crippen LogP contribution in [0.2, 0.25) is 0 Å². The third-order valence-corrected chi connectivity index (χ3v) is 9.41. The molecule has 5 rings (SSSR count). The molecule has 4 heterocycles. The number of halogens is 1. The lowest BCUT2D eigenvalue weighted by atomic mass is 9.86. The summed E-state index contributed by atoms with van der Waals surface area (Å²) in [4.78, 5) is 21.9. The fourth-order valence-corrected chi connectivity index (χ4v) is 6.95. The number of nitrogens with one attached hydrogen (secondary N) is 1. The van der Waals surface area contributed by atoms with Gasteiger partial charge in [-0.3, -0.25) is 9.69 Å². The normalized spacial score (nSPS) is 20.6. The van der Waals surface area contributed by atoms with Crippen LogP contribution in [0.15, 0.2) is 24.3 Å². The first-order valence-corrected chi connectivity index (χ1v) is 15.7. The largest absolute Gasteiger partial charge is 0.480 e. The Hall–Kier alpha value is -2.55. The molecule has 3 aliphatic heterocycles. The maximum Gasteiger partial charge on any atom is 0.325 e. The number of anilines is 1. The monoisotopic (exact) mass is 566 g/mol. The summed E-state index contributed by atoms with van der Waals surface area (Å²) in [7, 11) is 2.16. The average Bonchev–Trinajstić information content (AvgIpc) is 3.47. The minimum atomic E-state index is -0.891. The Bertz CT molecular complexity index is 1190. The lowest BCUT2D eigenvalue weighted by Crippen LogP contribution is -2.38. The number of likely N-dealkylation sites (tertiary alicyclic amines) is 1. The summed E-state index contributed by atoms with van der Waals surface area (Å²) in [5.74, 6) is 0.127. The lowest BCUT2D eigenvalue weighted by molar-refractivity contribution is -0.143. The van der Waals surface area contributed by atoms with Gasteiger partial charge >= 0.3 is 5.97 Å². The number of aryl methyl sites for hydroxylation is 2. The molecule has 0 radical (unpaired) electrons. The van der Waals surface area contributed by atoms with Crippen molar-refractivity contribution in [1.29, 1.82) is 0 Å². The number of carboxylic acids is 1. The maximum atomic E-state index is 15.3. The molecular weight excluding hydrogens is 519 g/mol. The molecule has 0 unspecified atom stereocenters. The van der Waals surface area contributed by atoms with E-state index < -0.39 is 12.0 Å². The van der Waals surface area contributed by atoms with Gasteiger partial charge in [0.05, 0.1) is 0 Å². The molecule has 41 heavy (non-hydrogen) atoms. The number of pyridine rings is 1. The van der Waals surface area contributed by atoms with Crippen molar-refractivity contribution in [2.75, 3.05) is 51.8 Å². The smallest absolute Gasteiger partial charge is 0.325 e. The molecule has 2 N–H and O–H groups in total. The Morgan fingerprint density at radius 2 is 2.05 bits per heavy atom. The van der Waals surface area contributed by atoms with Crippen LogP contribution >= 0.6 is 0 Å².